The minimum Gasteiger partial charge on any atom is -0.466 e. The molecule has 106 valence electrons. The van der Waals surface area contributed by atoms with E-state index in [0.29, 0.717) is 11.7 Å². The van der Waals surface area contributed by atoms with Gasteiger partial charge >= 0.3 is 0 Å². The highest BCUT2D eigenvalue weighted by Crippen LogP contribution is 2.37. The Labute approximate surface area is 117 Å². The Kier molecular flexibility index (Phi) is 3.12. The minimum absolute atomic E-state index is 0.0498. The number of anilines is 1. The zero-order valence-electron chi connectivity index (χ0n) is 12.0. The Morgan fingerprint density at radius 2 is 2.15 bits per heavy atom. The van der Waals surface area contributed by atoms with Gasteiger partial charge in [-0.15, -0.1) is 0 Å². The molecule has 3 rings (SSSR count). The van der Waals surface area contributed by atoms with E-state index in [1.54, 1.807) is 0 Å². The first-order valence-electron chi connectivity index (χ1n) is 6.97. The first-order chi connectivity index (χ1) is 9.52. The first kappa shape index (κ1) is 13.0. The fourth-order valence-electron chi connectivity index (χ4n) is 2.48. The lowest BCUT2D eigenvalue weighted by Crippen LogP contribution is -2.15. The Hall–Kier alpha value is -2.04. The molecule has 0 spiro atoms. The van der Waals surface area contributed by atoms with Crippen molar-refractivity contribution in [2.45, 2.75) is 45.6 Å². The number of nitrogens with zero attached hydrogens (tertiary/aromatic N) is 1. The van der Waals surface area contributed by atoms with Crippen LogP contribution in [0.25, 0.3) is 0 Å². The minimum atomic E-state index is -0.100. The second-order valence-electron chi connectivity index (χ2n) is 5.52. The topological polar surface area (TPSA) is 70.9 Å². The van der Waals surface area contributed by atoms with Gasteiger partial charge in [-0.3, -0.25) is 4.79 Å². The largest absolute Gasteiger partial charge is 0.466 e. The summed E-state index contributed by atoms with van der Waals surface area (Å²) in [6.45, 7) is 5.91. The third kappa shape index (κ3) is 2.61. The van der Waals surface area contributed by atoms with Crippen LogP contribution in [-0.4, -0.2) is 9.97 Å². The maximum atomic E-state index is 11.7. The summed E-state index contributed by atoms with van der Waals surface area (Å²) in [7, 11) is 0. The first-order valence-corrected chi connectivity index (χ1v) is 6.97. The molecular weight excluding hydrogens is 254 g/mol. The van der Waals surface area contributed by atoms with Crippen LogP contribution in [0, 0.1) is 13.8 Å². The van der Waals surface area contributed by atoms with Crippen molar-refractivity contribution < 1.29 is 4.42 Å². The summed E-state index contributed by atoms with van der Waals surface area (Å²) in [5, 5.41) is 3.29. The molecule has 5 nitrogen and oxygen atoms in total. The maximum Gasteiger partial charge on any atom is 0.252 e. The standard InChI is InChI=1S/C15H19N3O2/c1-8-6-12(10(3)20-8)9(2)16-13-7-14(19)18-15(17-13)11-4-5-11/h6-7,9,11H,4-5H2,1-3H3,(H2,16,17,18,19). The summed E-state index contributed by atoms with van der Waals surface area (Å²) in [5.41, 5.74) is 0.995. The number of rotatable bonds is 4. The van der Waals surface area contributed by atoms with E-state index in [2.05, 4.69) is 15.3 Å². The predicted molar refractivity (Wildman–Crippen MR) is 77.1 cm³/mol. The molecule has 1 saturated carbocycles. The Bertz CT molecular complexity index is 683. The van der Waals surface area contributed by atoms with Gasteiger partial charge < -0.3 is 14.7 Å². The van der Waals surface area contributed by atoms with Crippen molar-refractivity contribution in [3.8, 4) is 0 Å². The Morgan fingerprint density at radius 1 is 1.40 bits per heavy atom. The smallest absolute Gasteiger partial charge is 0.252 e. The average Bonchev–Trinajstić information content (AvgIpc) is 3.14. The number of aryl methyl sites for hydroxylation is 2. The summed E-state index contributed by atoms with van der Waals surface area (Å²) in [5.74, 6) is 3.64. The van der Waals surface area contributed by atoms with Gasteiger partial charge in [-0.2, -0.15) is 0 Å². The summed E-state index contributed by atoms with van der Waals surface area (Å²) < 4.78 is 5.54. The van der Waals surface area contributed by atoms with E-state index >= 15 is 0 Å². The van der Waals surface area contributed by atoms with E-state index in [0.717, 1.165) is 35.7 Å². The van der Waals surface area contributed by atoms with E-state index in [1.165, 1.54) is 6.07 Å². The summed E-state index contributed by atoms with van der Waals surface area (Å²) >= 11 is 0. The van der Waals surface area contributed by atoms with E-state index < -0.39 is 0 Å². The van der Waals surface area contributed by atoms with Crippen LogP contribution in [0.1, 0.15) is 54.6 Å². The highest BCUT2D eigenvalue weighted by atomic mass is 16.3. The van der Waals surface area contributed by atoms with Crippen molar-refractivity contribution in [2.75, 3.05) is 5.32 Å². The highest BCUT2D eigenvalue weighted by Gasteiger charge is 2.26. The molecule has 2 heterocycles. The Morgan fingerprint density at radius 3 is 2.75 bits per heavy atom. The van der Waals surface area contributed by atoms with Crippen molar-refractivity contribution in [3.63, 3.8) is 0 Å². The molecule has 1 atom stereocenters. The van der Waals surface area contributed by atoms with Crippen LogP contribution in [0.3, 0.4) is 0 Å². The van der Waals surface area contributed by atoms with Gasteiger partial charge in [0.2, 0.25) is 0 Å². The molecule has 20 heavy (non-hydrogen) atoms. The molecule has 1 aliphatic rings. The zero-order valence-corrected chi connectivity index (χ0v) is 12.0. The molecule has 1 fully saturated rings. The van der Waals surface area contributed by atoms with Gasteiger partial charge in [0.15, 0.2) is 0 Å². The highest BCUT2D eigenvalue weighted by molar-refractivity contribution is 5.39. The fourth-order valence-corrected chi connectivity index (χ4v) is 2.48. The lowest BCUT2D eigenvalue weighted by molar-refractivity contribution is 0.499. The van der Waals surface area contributed by atoms with Crippen molar-refractivity contribution >= 4 is 5.82 Å². The molecule has 0 aliphatic heterocycles. The number of H-pyrrole nitrogens is 1. The molecule has 1 unspecified atom stereocenters. The molecule has 2 aromatic heterocycles. The van der Waals surface area contributed by atoms with Gasteiger partial charge in [0, 0.05) is 17.5 Å². The number of nitrogens with one attached hydrogen (secondary N) is 2. The summed E-state index contributed by atoms with van der Waals surface area (Å²) in [6.07, 6.45) is 2.23. The van der Waals surface area contributed by atoms with Crippen molar-refractivity contribution in [1.29, 1.82) is 0 Å². The van der Waals surface area contributed by atoms with E-state index in [1.807, 2.05) is 26.8 Å². The molecule has 0 radical (unpaired) electrons. The van der Waals surface area contributed by atoms with Crippen molar-refractivity contribution in [2.24, 2.45) is 0 Å². The molecule has 0 aromatic carbocycles. The SMILES string of the molecule is Cc1cc(C(C)Nc2cc(=O)[nH]c(C3CC3)n2)c(C)o1. The van der Waals surface area contributed by atoms with Crippen LogP contribution >= 0.6 is 0 Å². The quantitative estimate of drug-likeness (QED) is 0.898. The zero-order chi connectivity index (χ0) is 14.3. The number of aromatic nitrogens is 2. The van der Waals surface area contributed by atoms with Crippen LogP contribution in [0.2, 0.25) is 0 Å². The van der Waals surface area contributed by atoms with Crippen molar-refractivity contribution in [1.82, 2.24) is 9.97 Å². The van der Waals surface area contributed by atoms with Gasteiger partial charge in [0.1, 0.15) is 23.2 Å². The van der Waals surface area contributed by atoms with Crippen LogP contribution in [0.5, 0.6) is 0 Å². The Balaban J connectivity index is 1.83. The lowest BCUT2D eigenvalue weighted by Gasteiger charge is -2.14. The van der Waals surface area contributed by atoms with E-state index in [9.17, 15) is 4.79 Å². The molecule has 0 amide bonds. The average molecular weight is 273 g/mol. The summed E-state index contributed by atoms with van der Waals surface area (Å²) in [6, 6.07) is 3.57. The number of furan rings is 1. The molecule has 2 N–H and O–H groups in total. The molecule has 1 aliphatic carbocycles. The van der Waals surface area contributed by atoms with Gasteiger partial charge in [-0.05, 0) is 39.7 Å². The second-order valence-corrected chi connectivity index (χ2v) is 5.52. The maximum absolute atomic E-state index is 11.7. The van der Waals surface area contributed by atoms with Crippen LogP contribution in [-0.2, 0) is 0 Å². The molecular formula is C15H19N3O2. The third-order valence-electron chi connectivity index (χ3n) is 3.63. The predicted octanol–water partition coefficient (Wildman–Crippen LogP) is 3.03. The second kappa shape index (κ2) is 4.81. The van der Waals surface area contributed by atoms with E-state index in [4.69, 9.17) is 4.42 Å². The van der Waals surface area contributed by atoms with E-state index in [-0.39, 0.29) is 11.6 Å². The van der Waals surface area contributed by atoms with Gasteiger partial charge in [-0.1, -0.05) is 0 Å². The van der Waals surface area contributed by atoms with Crippen molar-refractivity contribution in [3.05, 3.63) is 45.4 Å². The molecule has 0 saturated heterocycles. The molecule has 0 bridgehead atoms. The monoisotopic (exact) mass is 273 g/mol. The molecule has 2 aromatic rings. The summed E-state index contributed by atoms with van der Waals surface area (Å²) in [4.78, 5) is 19.0. The number of aromatic amines is 1. The normalized spacial score (nSPS) is 16.1. The van der Waals surface area contributed by atoms with Gasteiger partial charge in [-0.25, -0.2) is 4.98 Å². The van der Waals surface area contributed by atoms with Crippen LogP contribution < -0.4 is 10.9 Å². The lowest BCUT2D eigenvalue weighted by atomic mass is 10.1. The van der Waals surface area contributed by atoms with Gasteiger partial charge in [0.05, 0.1) is 6.04 Å². The number of hydrogen-bond donors (Lipinski definition) is 2. The molecule has 5 heteroatoms. The number of hydrogen-bond acceptors (Lipinski definition) is 4. The van der Waals surface area contributed by atoms with Crippen LogP contribution in [0.15, 0.2) is 21.3 Å². The van der Waals surface area contributed by atoms with Crippen LogP contribution in [0.4, 0.5) is 5.82 Å². The third-order valence-corrected chi connectivity index (χ3v) is 3.63. The fraction of sp³-hybridized carbons (Fsp3) is 0.467. The van der Waals surface area contributed by atoms with Gasteiger partial charge in [0.25, 0.3) is 5.56 Å².